The van der Waals surface area contributed by atoms with Gasteiger partial charge in [0.15, 0.2) is 0 Å². The van der Waals surface area contributed by atoms with Gasteiger partial charge in [0, 0.05) is 28.4 Å². The van der Waals surface area contributed by atoms with E-state index in [1.165, 1.54) is 24.4 Å². The Morgan fingerprint density at radius 1 is 1.25 bits per heavy atom. The fourth-order valence-electron chi connectivity index (χ4n) is 1.46. The third-order valence-corrected chi connectivity index (χ3v) is 3.52. The Bertz CT molecular complexity index is 691. The van der Waals surface area contributed by atoms with Crippen molar-refractivity contribution < 1.29 is 9.72 Å². The Hall–Kier alpha value is -1.80. The number of nitrogens with one attached hydrogen (secondary N) is 1. The van der Waals surface area contributed by atoms with Crippen LogP contribution < -0.4 is 5.32 Å². The fraction of sp³-hybridized carbons (Fsp3) is 0. The second-order valence-corrected chi connectivity index (χ2v) is 5.41. The molecular weight excluding hydrogens is 394 g/mol. The summed E-state index contributed by atoms with van der Waals surface area (Å²) in [7, 11) is 0. The summed E-state index contributed by atoms with van der Waals surface area (Å²) < 4.78 is 1.09. The van der Waals surface area contributed by atoms with E-state index < -0.39 is 4.92 Å². The summed E-state index contributed by atoms with van der Waals surface area (Å²) in [4.78, 5) is 26.2. The molecule has 1 aromatic carbocycles. The predicted molar refractivity (Wildman–Crippen MR) is 80.7 cm³/mol. The van der Waals surface area contributed by atoms with Crippen molar-refractivity contribution in [3.8, 4) is 0 Å². The normalized spacial score (nSPS) is 10.1. The predicted octanol–water partition coefficient (Wildman–Crippen LogP) is 3.77. The van der Waals surface area contributed by atoms with Crippen molar-refractivity contribution in [2.75, 3.05) is 5.32 Å². The quantitative estimate of drug-likeness (QED) is 0.482. The summed E-state index contributed by atoms with van der Waals surface area (Å²) in [6, 6.07) is 7.25. The van der Waals surface area contributed by atoms with Crippen LogP contribution in [0.3, 0.4) is 0 Å². The second-order valence-electron chi connectivity index (χ2n) is 3.74. The maximum atomic E-state index is 12.0. The summed E-state index contributed by atoms with van der Waals surface area (Å²) in [5.41, 5.74) is 0.627. The first-order valence-electron chi connectivity index (χ1n) is 5.34. The minimum absolute atomic E-state index is 0.0978. The Kier molecular flexibility index (Phi) is 4.46. The van der Waals surface area contributed by atoms with E-state index in [0.717, 1.165) is 0 Å². The van der Waals surface area contributed by atoms with Crippen molar-refractivity contribution >= 4 is 49.1 Å². The lowest BCUT2D eigenvalue weighted by molar-refractivity contribution is -0.384. The number of aromatic nitrogens is 1. The van der Waals surface area contributed by atoms with E-state index in [9.17, 15) is 14.9 Å². The van der Waals surface area contributed by atoms with E-state index in [2.05, 4.69) is 42.2 Å². The first-order valence-corrected chi connectivity index (χ1v) is 6.93. The van der Waals surface area contributed by atoms with Gasteiger partial charge in [-0.1, -0.05) is 0 Å². The SMILES string of the molecule is O=C(Nc1cc([N+](=O)[O-])ccc1Br)c1ccnc(Br)c1. The van der Waals surface area contributed by atoms with Gasteiger partial charge in [-0.25, -0.2) is 4.98 Å². The van der Waals surface area contributed by atoms with Crippen LogP contribution in [0, 0.1) is 10.1 Å². The lowest BCUT2D eigenvalue weighted by Crippen LogP contribution is -2.12. The third-order valence-electron chi connectivity index (χ3n) is 2.40. The van der Waals surface area contributed by atoms with Crippen LogP contribution in [0.5, 0.6) is 0 Å². The van der Waals surface area contributed by atoms with Crippen LogP contribution in [-0.2, 0) is 0 Å². The highest BCUT2D eigenvalue weighted by Crippen LogP contribution is 2.27. The first kappa shape index (κ1) is 14.6. The number of hydrogen-bond donors (Lipinski definition) is 1. The number of pyridine rings is 1. The van der Waals surface area contributed by atoms with Gasteiger partial charge in [0.2, 0.25) is 0 Å². The minimum atomic E-state index is -0.523. The molecule has 2 rings (SSSR count). The molecule has 0 aliphatic rings. The average molecular weight is 401 g/mol. The smallest absolute Gasteiger partial charge is 0.271 e. The number of carbonyl (C=O) groups is 1. The summed E-state index contributed by atoms with van der Waals surface area (Å²) in [5.74, 6) is -0.380. The van der Waals surface area contributed by atoms with Crippen LogP contribution in [0.2, 0.25) is 0 Å². The molecule has 102 valence electrons. The molecular formula is C12H7Br2N3O3. The zero-order chi connectivity index (χ0) is 14.7. The fourth-order valence-corrected chi connectivity index (χ4v) is 2.17. The Morgan fingerprint density at radius 2 is 2.00 bits per heavy atom. The molecule has 0 radical (unpaired) electrons. The molecule has 0 spiro atoms. The number of benzene rings is 1. The van der Waals surface area contributed by atoms with E-state index in [4.69, 9.17) is 0 Å². The lowest BCUT2D eigenvalue weighted by Gasteiger charge is -2.07. The van der Waals surface area contributed by atoms with Crippen LogP contribution in [0.4, 0.5) is 11.4 Å². The largest absolute Gasteiger partial charge is 0.321 e. The molecule has 0 saturated heterocycles. The zero-order valence-electron chi connectivity index (χ0n) is 9.84. The van der Waals surface area contributed by atoms with Crippen molar-refractivity contribution in [1.29, 1.82) is 0 Å². The van der Waals surface area contributed by atoms with Crippen LogP contribution in [0.25, 0.3) is 0 Å². The van der Waals surface area contributed by atoms with E-state index in [1.54, 1.807) is 12.1 Å². The van der Waals surface area contributed by atoms with Crippen LogP contribution >= 0.6 is 31.9 Å². The van der Waals surface area contributed by atoms with Gasteiger partial charge in [0.05, 0.1) is 10.6 Å². The average Bonchev–Trinajstić information content (AvgIpc) is 2.41. The summed E-state index contributed by atoms with van der Waals surface area (Å²) in [6.45, 7) is 0. The van der Waals surface area contributed by atoms with E-state index >= 15 is 0 Å². The number of carbonyl (C=O) groups excluding carboxylic acids is 1. The molecule has 1 heterocycles. The van der Waals surface area contributed by atoms with Crippen molar-refractivity contribution in [3.63, 3.8) is 0 Å². The van der Waals surface area contributed by atoms with Crippen LogP contribution in [-0.4, -0.2) is 15.8 Å². The molecule has 0 unspecified atom stereocenters. The van der Waals surface area contributed by atoms with Crippen molar-refractivity contribution in [1.82, 2.24) is 4.98 Å². The van der Waals surface area contributed by atoms with E-state index in [-0.39, 0.29) is 11.6 Å². The first-order chi connectivity index (χ1) is 9.47. The van der Waals surface area contributed by atoms with Crippen molar-refractivity contribution in [3.05, 3.63) is 61.3 Å². The Morgan fingerprint density at radius 3 is 2.65 bits per heavy atom. The molecule has 0 atom stereocenters. The molecule has 0 aliphatic carbocycles. The highest BCUT2D eigenvalue weighted by Gasteiger charge is 2.13. The topological polar surface area (TPSA) is 85.1 Å². The third kappa shape index (κ3) is 3.40. The molecule has 0 aliphatic heterocycles. The molecule has 20 heavy (non-hydrogen) atoms. The van der Waals surface area contributed by atoms with Gasteiger partial charge < -0.3 is 5.32 Å². The highest BCUT2D eigenvalue weighted by molar-refractivity contribution is 9.10. The molecule has 2 aromatic rings. The van der Waals surface area contributed by atoms with Gasteiger partial charge in [-0.05, 0) is 50.1 Å². The van der Waals surface area contributed by atoms with Crippen LogP contribution in [0.1, 0.15) is 10.4 Å². The molecule has 6 nitrogen and oxygen atoms in total. The van der Waals surface area contributed by atoms with Gasteiger partial charge in [-0.15, -0.1) is 0 Å². The number of nitro groups is 1. The second kappa shape index (κ2) is 6.10. The van der Waals surface area contributed by atoms with Gasteiger partial charge in [0.1, 0.15) is 4.60 Å². The number of rotatable bonds is 3. The van der Waals surface area contributed by atoms with Crippen molar-refractivity contribution in [2.24, 2.45) is 0 Å². The monoisotopic (exact) mass is 399 g/mol. The number of nitro benzene ring substituents is 1. The molecule has 0 bridgehead atoms. The maximum Gasteiger partial charge on any atom is 0.271 e. The molecule has 1 aromatic heterocycles. The van der Waals surface area contributed by atoms with E-state index in [1.807, 2.05) is 0 Å². The van der Waals surface area contributed by atoms with Gasteiger partial charge >= 0.3 is 0 Å². The summed E-state index contributed by atoms with van der Waals surface area (Å²) in [5, 5.41) is 13.3. The standard InChI is InChI=1S/C12H7Br2N3O3/c13-9-2-1-8(17(19)20)6-10(9)16-12(18)7-3-4-15-11(14)5-7/h1-6H,(H,16,18). The Balaban J connectivity index is 2.27. The zero-order valence-corrected chi connectivity index (χ0v) is 13.0. The minimum Gasteiger partial charge on any atom is -0.321 e. The summed E-state index contributed by atoms with van der Waals surface area (Å²) in [6.07, 6.45) is 1.49. The van der Waals surface area contributed by atoms with Crippen molar-refractivity contribution in [2.45, 2.75) is 0 Å². The van der Waals surface area contributed by atoms with E-state index in [0.29, 0.717) is 20.3 Å². The maximum absolute atomic E-state index is 12.0. The lowest BCUT2D eigenvalue weighted by atomic mass is 10.2. The number of anilines is 1. The van der Waals surface area contributed by atoms with Gasteiger partial charge in [-0.3, -0.25) is 14.9 Å². The van der Waals surface area contributed by atoms with Gasteiger partial charge in [-0.2, -0.15) is 0 Å². The molecule has 8 heteroatoms. The van der Waals surface area contributed by atoms with Gasteiger partial charge in [0.25, 0.3) is 11.6 Å². The number of non-ortho nitro benzene ring substituents is 1. The number of halogens is 2. The number of amides is 1. The van der Waals surface area contributed by atoms with Crippen LogP contribution in [0.15, 0.2) is 45.6 Å². The molecule has 1 amide bonds. The highest BCUT2D eigenvalue weighted by atomic mass is 79.9. The number of hydrogen-bond acceptors (Lipinski definition) is 4. The molecule has 0 fully saturated rings. The molecule has 1 N–H and O–H groups in total. The Labute approximate surface area is 130 Å². The number of nitrogens with zero attached hydrogens (tertiary/aromatic N) is 2. The molecule has 0 saturated carbocycles. The summed E-state index contributed by atoms with van der Waals surface area (Å²) >= 11 is 6.41.